The number of aromatic nitrogens is 2. The smallest absolute Gasteiger partial charge is 0.456 e. The van der Waals surface area contributed by atoms with Gasteiger partial charge in [-0.05, 0) is 39.8 Å². The summed E-state index contributed by atoms with van der Waals surface area (Å²) in [5, 5.41) is 2.80. The molecule has 1 aromatic carbocycles. The normalized spacial score (nSPS) is 31.9. The number of hydrogen-bond acceptors (Lipinski definition) is 10. The van der Waals surface area contributed by atoms with E-state index in [1.165, 1.54) is 6.92 Å². The number of nitrogens with one attached hydrogen (secondary N) is 2. The van der Waals surface area contributed by atoms with Gasteiger partial charge in [-0.15, -0.1) is 0 Å². The van der Waals surface area contributed by atoms with Crippen LogP contribution in [0.15, 0.2) is 52.2 Å². The highest BCUT2D eigenvalue weighted by Crippen LogP contribution is 2.48. The first-order valence-corrected chi connectivity index (χ1v) is 14.8. The standard InChI is InChI=1S/C26H35FN3O10P/c1-6-21(32)39-22-19(38-24(26(22,5)27)30-13-12-20(31)28-25(30)33)14-35-41(34,40-18-10-8-7-9-11-18)29-15(2)23-36-16(3)17(4)37-23/h7-13,15-17,19,22-24H,6,14H2,1-5H3,(H,29,34)(H,28,31,33)/t15?,16?,17?,19-,22-,23?,24?,26-,41?/m1/s1. The Hall–Kier alpha value is -2.87. The van der Waals surface area contributed by atoms with Gasteiger partial charge in [0.2, 0.25) is 0 Å². The quantitative estimate of drug-likeness (QED) is 0.289. The summed E-state index contributed by atoms with van der Waals surface area (Å²) >= 11 is 0. The predicted molar refractivity (Wildman–Crippen MR) is 143 cm³/mol. The SMILES string of the molecule is CCC(=O)O[C@@H]1[C@@H](COP(=O)(NC(C)C2OC(C)C(C)O2)Oc2ccccc2)OC(n2ccc(=O)[nH]c2=O)[C@]1(C)F. The molecule has 0 radical (unpaired) electrons. The molecule has 0 bridgehead atoms. The molecular formula is C26H35FN3O10P. The van der Waals surface area contributed by atoms with E-state index in [0.29, 0.717) is 0 Å². The van der Waals surface area contributed by atoms with Gasteiger partial charge in [-0.1, -0.05) is 25.1 Å². The third-order valence-electron chi connectivity index (χ3n) is 6.84. The molecule has 0 saturated carbocycles. The number of H-pyrrole nitrogens is 1. The van der Waals surface area contributed by atoms with Gasteiger partial charge in [-0.3, -0.25) is 23.7 Å². The van der Waals surface area contributed by atoms with E-state index in [2.05, 4.69) is 5.09 Å². The molecule has 2 fully saturated rings. The van der Waals surface area contributed by atoms with E-state index < -0.39 is 68.0 Å². The third kappa shape index (κ3) is 7.14. The minimum Gasteiger partial charge on any atom is -0.456 e. The molecule has 2 aliphatic rings. The van der Waals surface area contributed by atoms with E-state index >= 15 is 4.39 Å². The van der Waals surface area contributed by atoms with Crippen LogP contribution in [0, 0.1) is 0 Å². The van der Waals surface area contributed by atoms with Crippen LogP contribution in [0.2, 0.25) is 0 Å². The molecule has 2 N–H and O–H groups in total. The Balaban J connectivity index is 1.59. The molecule has 0 spiro atoms. The maximum absolute atomic E-state index is 16.2. The van der Waals surface area contributed by atoms with Crippen LogP contribution >= 0.6 is 7.75 Å². The average Bonchev–Trinajstić information content (AvgIpc) is 3.38. The second-order valence-electron chi connectivity index (χ2n) is 10.1. The molecule has 2 saturated heterocycles. The predicted octanol–water partition coefficient (Wildman–Crippen LogP) is 2.82. The Morgan fingerprint density at radius 3 is 2.44 bits per heavy atom. The summed E-state index contributed by atoms with van der Waals surface area (Å²) in [5.41, 5.74) is -4.07. The maximum atomic E-state index is 16.2. The Bertz CT molecular complexity index is 1360. The molecule has 0 aliphatic carbocycles. The zero-order chi connectivity index (χ0) is 29.9. The fourth-order valence-corrected chi connectivity index (χ4v) is 6.01. The van der Waals surface area contributed by atoms with E-state index in [4.69, 9.17) is 28.0 Å². The number of nitrogens with zero attached hydrogens (tertiary/aromatic N) is 1. The van der Waals surface area contributed by atoms with Gasteiger partial charge in [0.25, 0.3) is 5.56 Å². The molecule has 41 heavy (non-hydrogen) atoms. The summed E-state index contributed by atoms with van der Waals surface area (Å²) in [7, 11) is -4.23. The van der Waals surface area contributed by atoms with Gasteiger partial charge in [0.15, 0.2) is 24.3 Å². The number of rotatable bonds is 11. The lowest BCUT2D eigenvalue weighted by Crippen LogP contribution is -2.46. The summed E-state index contributed by atoms with van der Waals surface area (Å²) in [6.07, 6.45) is -4.65. The summed E-state index contributed by atoms with van der Waals surface area (Å²) in [5.74, 6) is -0.504. The Labute approximate surface area is 235 Å². The molecule has 13 nitrogen and oxygen atoms in total. The lowest BCUT2D eigenvalue weighted by molar-refractivity contribution is -0.157. The van der Waals surface area contributed by atoms with E-state index in [1.807, 2.05) is 18.8 Å². The monoisotopic (exact) mass is 599 g/mol. The first kappa shape index (κ1) is 31.1. The van der Waals surface area contributed by atoms with Crippen molar-refractivity contribution in [2.75, 3.05) is 6.61 Å². The number of ether oxygens (including phenoxy) is 4. The van der Waals surface area contributed by atoms with Crippen molar-refractivity contribution in [1.29, 1.82) is 0 Å². The maximum Gasteiger partial charge on any atom is 0.459 e. The van der Waals surface area contributed by atoms with Crippen LogP contribution in [-0.2, 0) is 32.8 Å². The molecule has 2 aliphatic heterocycles. The first-order valence-electron chi connectivity index (χ1n) is 13.3. The third-order valence-corrected chi connectivity index (χ3v) is 8.50. The van der Waals surface area contributed by atoms with Crippen LogP contribution < -0.4 is 20.9 Å². The Morgan fingerprint density at radius 1 is 1.17 bits per heavy atom. The number of aromatic amines is 1. The summed E-state index contributed by atoms with van der Waals surface area (Å²) < 4.78 is 65.4. The van der Waals surface area contributed by atoms with Gasteiger partial charge in [0.1, 0.15) is 11.9 Å². The Morgan fingerprint density at radius 2 is 1.83 bits per heavy atom. The van der Waals surface area contributed by atoms with Gasteiger partial charge in [-0.2, -0.15) is 0 Å². The van der Waals surface area contributed by atoms with Crippen LogP contribution in [0.1, 0.15) is 47.3 Å². The lowest BCUT2D eigenvalue weighted by Gasteiger charge is -2.29. The number of alkyl halides is 1. The average molecular weight is 600 g/mol. The van der Waals surface area contributed by atoms with Crippen molar-refractivity contribution in [3.05, 3.63) is 63.4 Å². The zero-order valence-electron chi connectivity index (χ0n) is 23.4. The summed E-state index contributed by atoms with van der Waals surface area (Å²) in [4.78, 5) is 38.3. The molecule has 0 amide bonds. The van der Waals surface area contributed by atoms with Crippen molar-refractivity contribution in [1.82, 2.24) is 14.6 Å². The van der Waals surface area contributed by atoms with Crippen molar-refractivity contribution in [2.45, 2.75) is 89.7 Å². The number of hydrogen-bond donors (Lipinski definition) is 2. The minimum absolute atomic E-state index is 0.0592. The van der Waals surface area contributed by atoms with E-state index in [9.17, 15) is 18.9 Å². The molecule has 2 aromatic rings. The molecule has 226 valence electrons. The number of benzene rings is 1. The zero-order valence-corrected chi connectivity index (χ0v) is 24.2. The van der Waals surface area contributed by atoms with Crippen molar-refractivity contribution in [2.24, 2.45) is 0 Å². The van der Waals surface area contributed by atoms with Gasteiger partial charge in [0, 0.05) is 18.7 Å². The lowest BCUT2D eigenvalue weighted by atomic mass is 9.98. The van der Waals surface area contributed by atoms with E-state index in [1.54, 1.807) is 37.3 Å². The molecule has 4 rings (SSSR count). The minimum atomic E-state index is -4.23. The highest BCUT2D eigenvalue weighted by molar-refractivity contribution is 7.52. The van der Waals surface area contributed by atoms with Crippen molar-refractivity contribution in [3.8, 4) is 5.75 Å². The molecule has 15 heteroatoms. The Kier molecular flexibility index (Phi) is 9.52. The van der Waals surface area contributed by atoms with Crippen LogP contribution in [0.5, 0.6) is 5.75 Å². The molecule has 8 atom stereocenters. The summed E-state index contributed by atoms with van der Waals surface area (Å²) in [6, 6.07) is 8.61. The fourth-order valence-electron chi connectivity index (χ4n) is 4.47. The van der Waals surface area contributed by atoms with Crippen LogP contribution in [-0.4, -0.2) is 64.5 Å². The summed E-state index contributed by atoms with van der Waals surface area (Å²) in [6.45, 7) is 7.43. The molecule has 5 unspecified atom stereocenters. The second kappa shape index (κ2) is 12.6. The van der Waals surface area contributed by atoms with Crippen LogP contribution in [0.3, 0.4) is 0 Å². The van der Waals surface area contributed by atoms with Crippen LogP contribution in [0.25, 0.3) is 0 Å². The van der Waals surface area contributed by atoms with E-state index in [0.717, 1.165) is 23.8 Å². The largest absolute Gasteiger partial charge is 0.459 e. The molecule has 1 aromatic heterocycles. The number of para-hydroxylation sites is 1. The number of esters is 1. The van der Waals surface area contributed by atoms with Gasteiger partial charge >= 0.3 is 19.4 Å². The van der Waals surface area contributed by atoms with Gasteiger partial charge in [-0.25, -0.2) is 18.8 Å². The second-order valence-corrected chi connectivity index (χ2v) is 11.8. The number of carbonyl (C=O) groups excluding carboxylic acids is 1. The van der Waals surface area contributed by atoms with Gasteiger partial charge < -0.3 is 23.5 Å². The topological polar surface area (TPSA) is 156 Å². The van der Waals surface area contributed by atoms with Crippen molar-refractivity contribution >= 4 is 13.7 Å². The number of carbonyl (C=O) groups is 1. The highest BCUT2D eigenvalue weighted by Gasteiger charge is 2.58. The van der Waals surface area contributed by atoms with Crippen molar-refractivity contribution in [3.63, 3.8) is 0 Å². The fraction of sp³-hybridized carbons (Fsp3) is 0.577. The number of halogens is 1. The van der Waals surface area contributed by atoms with Crippen LogP contribution in [0.4, 0.5) is 4.39 Å². The highest BCUT2D eigenvalue weighted by atomic mass is 31.2. The van der Waals surface area contributed by atoms with Gasteiger partial charge in [0.05, 0.1) is 24.9 Å². The molecular weight excluding hydrogens is 564 g/mol. The first-order chi connectivity index (χ1) is 19.3. The molecule has 3 heterocycles. The van der Waals surface area contributed by atoms with E-state index in [-0.39, 0.29) is 24.4 Å². The van der Waals surface area contributed by atoms with Crippen molar-refractivity contribution < 1.29 is 41.7 Å².